The smallest absolute Gasteiger partial charge is 0.251 e. The molecule has 1 N–H and O–H groups in total. The maximum Gasteiger partial charge on any atom is 0.251 e. The Morgan fingerprint density at radius 3 is 2.44 bits per heavy atom. The molecule has 1 heterocycles. The first-order chi connectivity index (χ1) is 12.2. The monoisotopic (exact) mass is 331 g/mol. The molecule has 1 unspecified atom stereocenters. The Bertz CT molecular complexity index is 847. The van der Waals surface area contributed by atoms with E-state index in [-0.39, 0.29) is 11.9 Å². The summed E-state index contributed by atoms with van der Waals surface area (Å²) in [5, 5.41) is 7.43. The van der Waals surface area contributed by atoms with Crippen molar-refractivity contribution in [2.45, 2.75) is 25.8 Å². The second kappa shape index (κ2) is 6.55. The average Bonchev–Trinajstić information content (AvgIpc) is 3.33. The normalized spacial score (nSPS) is 14.9. The number of hydrogen-bond acceptors (Lipinski definition) is 2. The van der Waals surface area contributed by atoms with Crippen LogP contribution >= 0.6 is 0 Å². The van der Waals surface area contributed by atoms with Crippen LogP contribution in [0.5, 0.6) is 0 Å². The first kappa shape index (κ1) is 15.6. The van der Waals surface area contributed by atoms with E-state index in [1.807, 2.05) is 36.5 Å². The minimum absolute atomic E-state index is 0.0236. The Morgan fingerprint density at radius 2 is 1.84 bits per heavy atom. The fourth-order valence-electron chi connectivity index (χ4n) is 3.09. The summed E-state index contributed by atoms with van der Waals surface area (Å²) >= 11 is 0. The second-order valence-electron chi connectivity index (χ2n) is 6.70. The number of benzene rings is 2. The van der Waals surface area contributed by atoms with Crippen molar-refractivity contribution >= 4 is 5.91 Å². The van der Waals surface area contributed by atoms with Crippen molar-refractivity contribution in [1.29, 1.82) is 0 Å². The van der Waals surface area contributed by atoms with Crippen LogP contribution in [0.2, 0.25) is 0 Å². The van der Waals surface area contributed by atoms with Gasteiger partial charge in [0.2, 0.25) is 0 Å². The van der Waals surface area contributed by atoms with E-state index >= 15 is 0 Å². The molecule has 0 saturated heterocycles. The molecule has 4 nitrogen and oxygen atoms in total. The molecule has 0 spiro atoms. The summed E-state index contributed by atoms with van der Waals surface area (Å²) in [4.78, 5) is 12.7. The Morgan fingerprint density at radius 1 is 1.12 bits per heavy atom. The maximum atomic E-state index is 12.7. The highest BCUT2D eigenvalue weighted by atomic mass is 16.1. The first-order valence-corrected chi connectivity index (χ1v) is 8.68. The number of carbonyl (C=O) groups excluding carboxylic acids is 1. The highest BCUT2D eigenvalue weighted by Crippen LogP contribution is 2.41. The van der Waals surface area contributed by atoms with E-state index in [0.29, 0.717) is 11.5 Å². The molecule has 1 fully saturated rings. The number of rotatable bonds is 5. The van der Waals surface area contributed by atoms with Gasteiger partial charge < -0.3 is 5.32 Å². The molecule has 1 amide bonds. The lowest BCUT2D eigenvalue weighted by Crippen LogP contribution is -2.29. The van der Waals surface area contributed by atoms with Crippen LogP contribution < -0.4 is 5.32 Å². The average molecular weight is 331 g/mol. The molecule has 4 rings (SSSR count). The van der Waals surface area contributed by atoms with Crippen molar-refractivity contribution in [3.8, 4) is 5.69 Å². The van der Waals surface area contributed by atoms with Crippen molar-refractivity contribution in [2.75, 3.05) is 0 Å². The summed E-state index contributed by atoms with van der Waals surface area (Å²) in [6, 6.07) is 18.0. The van der Waals surface area contributed by atoms with Crippen molar-refractivity contribution in [3.05, 3.63) is 83.7 Å². The van der Waals surface area contributed by atoms with Gasteiger partial charge in [-0.15, -0.1) is 0 Å². The van der Waals surface area contributed by atoms with Crippen molar-refractivity contribution in [3.63, 3.8) is 0 Å². The van der Waals surface area contributed by atoms with Crippen LogP contribution in [0.15, 0.2) is 67.0 Å². The summed E-state index contributed by atoms with van der Waals surface area (Å²) in [5.41, 5.74) is 4.04. The Balaban J connectivity index is 1.50. The van der Waals surface area contributed by atoms with E-state index in [4.69, 9.17) is 0 Å². The zero-order chi connectivity index (χ0) is 17.2. The summed E-state index contributed by atoms with van der Waals surface area (Å²) in [6.07, 6.45) is 5.98. The summed E-state index contributed by atoms with van der Waals surface area (Å²) in [6.45, 7) is 2.08. The van der Waals surface area contributed by atoms with Crippen LogP contribution in [0, 0.1) is 12.8 Å². The highest BCUT2D eigenvalue weighted by molar-refractivity contribution is 5.94. The quantitative estimate of drug-likeness (QED) is 0.766. The lowest BCUT2D eigenvalue weighted by Gasteiger charge is -2.19. The van der Waals surface area contributed by atoms with E-state index in [1.54, 1.807) is 10.9 Å². The van der Waals surface area contributed by atoms with Crippen molar-refractivity contribution in [1.82, 2.24) is 15.1 Å². The molecule has 0 radical (unpaired) electrons. The largest absolute Gasteiger partial charge is 0.345 e. The number of hydrogen-bond donors (Lipinski definition) is 1. The number of amides is 1. The van der Waals surface area contributed by atoms with Gasteiger partial charge in [-0.2, -0.15) is 5.10 Å². The molecular formula is C21H21N3O. The number of aromatic nitrogens is 2. The van der Waals surface area contributed by atoms with Gasteiger partial charge in [0.1, 0.15) is 0 Å². The van der Waals surface area contributed by atoms with Crippen LogP contribution in [0.25, 0.3) is 5.69 Å². The lowest BCUT2D eigenvalue weighted by atomic mass is 10.0. The predicted octanol–water partition coefficient (Wildman–Crippen LogP) is 4.06. The third-order valence-corrected chi connectivity index (χ3v) is 4.71. The Hall–Kier alpha value is -2.88. The zero-order valence-electron chi connectivity index (χ0n) is 14.2. The van der Waals surface area contributed by atoms with Crippen LogP contribution in [0.4, 0.5) is 0 Å². The van der Waals surface area contributed by atoms with E-state index in [2.05, 4.69) is 41.6 Å². The standard InChI is InChI=1S/C21H21N3O/c1-15-3-5-16(6-4-15)20(17-7-8-17)23-21(25)18-9-11-19(12-10-18)24-14-2-13-22-24/h2-6,9-14,17,20H,7-8H2,1H3,(H,23,25). The predicted molar refractivity (Wildman–Crippen MR) is 97.7 cm³/mol. The van der Waals surface area contributed by atoms with Crippen LogP contribution in [-0.4, -0.2) is 15.7 Å². The maximum absolute atomic E-state index is 12.7. The van der Waals surface area contributed by atoms with Gasteiger partial charge in [0, 0.05) is 18.0 Å². The highest BCUT2D eigenvalue weighted by Gasteiger charge is 2.33. The van der Waals surface area contributed by atoms with Gasteiger partial charge in [0.25, 0.3) is 5.91 Å². The summed E-state index contributed by atoms with van der Waals surface area (Å²) < 4.78 is 1.78. The fraction of sp³-hybridized carbons (Fsp3) is 0.238. The van der Waals surface area contributed by atoms with E-state index in [0.717, 1.165) is 5.69 Å². The SMILES string of the molecule is Cc1ccc(C(NC(=O)c2ccc(-n3cccn3)cc2)C2CC2)cc1. The van der Waals surface area contributed by atoms with Crippen molar-refractivity contribution < 1.29 is 4.79 Å². The Labute approximate surface area is 147 Å². The molecule has 25 heavy (non-hydrogen) atoms. The number of aryl methyl sites for hydroxylation is 1. The molecule has 0 aliphatic heterocycles. The summed E-state index contributed by atoms with van der Waals surface area (Å²) in [5.74, 6) is 0.527. The molecular weight excluding hydrogens is 310 g/mol. The lowest BCUT2D eigenvalue weighted by molar-refractivity contribution is 0.0931. The fourth-order valence-corrected chi connectivity index (χ4v) is 3.09. The third kappa shape index (κ3) is 3.48. The molecule has 1 atom stereocenters. The molecule has 2 aromatic carbocycles. The van der Waals surface area contributed by atoms with Gasteiger partial charge in [-0.05, 0) is 61.6 Å². The minimum atomic E-state index is -0.0236. The summed E-state index contributed by atoms with van der Waals surface area (Å²) in [7, 11) is 0. The second-order valence-corrected chi connectivity index (χ2v) is 6.70. The Kier molecular flexibility index (Phi) is 4.10. The molecule has 3 aromatic rings. The molecule has 1 aliphatic rings. The molecule has 126 valence electrons. The number of carbonyl (C=O) groups is 1. The molecule has 1 aliphatic carbocycles. The first-order valence-electron chi connectivity index (χ1n) is 8.68. The number of nitrogens with one attached hydrogen (secondary N) is 1. The molecule has 4 heteroatoms. The van der Waals surface area contributed by atoms with Gasteiger partial charge in [0.05, 0.1) is 11.7 Å². The van der Waals surface area contributed by atoms with Crippen molar-refractivity contribution in [2.24, 2.45) is 5.92 Å². The zero-order valence-corrected chi connectivity index (χ0v) is 14.2. The number of nitrogens with zero attached hydrogens (tertiary/aromatic N) is 2. The molecule has 1 saturated carbocycles. The minimum Gasteiger partial charge on any atom is -0.345 e. The van der Waals surface area contributed by atoms with E-state index < -0.39 is 0 Å². The van der Waals surface area contributed by atoms with Crippen LogP contribution in [-0.2, 0) is 0 Å². The van der Waals surface area contributed by atoms with Gasteiger partial charge >= 0.3 is 0 Å². The van der Waals surface area contributed by atoms with Gasteiger partial charge in [-0.3, -0.25) is 4.79 Å². The van der Waals surface area contributed by atoms with Gasteiger partial charge in [0.15, 0.2) is 0 Å². The van der Waals surface area contributed by atoms with Gasteiger partial charge in [-0.1, -0.05) is 29.8 Å². The van der Waals surface area contributed by atoms with Crippen LogP contribution in [0.1, 0.15) is 40.4 Å². The third-order valence-electron chi connectivity index (χ3n) is 4.71. The molecule has 1 aromatic heterocycles. The molecule has 0 bridgehead atoms. The van der Waals surface area contributed by atoms with Gasteiger partial charge in [-0.25, -0.2) is 4.68 Å². The van der Waals surface area contributed by atoms with E-state index in [1.165, 1.54) is 24.0 Å². The topological polar surface area (TPSA) is 46.9 Å². The van der Waals surface area contributed by atoms with E-state index in [9.17, 15) is 4.79 Å². The van der Waals surface area contributed by atoms with Crippen LogP contribution in [0.3, 0.4) is 0 Å².